The summed E-state index contributed by atoms with van der Waals surface area (Å²) < 4.78 is 5.91. The first kappa shape index (κ1) is 26.4. The molecular weight excluding hydrogens is 464 g/mol. The number of urea groups is 1. The smallest absolute Gasteiger partial charge is 0.325 e. The third kappa shape index (κ3) is 5.70. The molecule has 0 radical (unpaired) electrons. The molecule has 10 nitrogen and oxygen atoms in total. The topological polar surface area (TPSA) is 134 Å². The largest absolute Gasteiger partial charge is 0.455 e. The quantitative estimate of drug-likeness (QED) is 0.381. The molecule has 2 unspecified atom stereocenters. The molecule has 0 spiro atoms. The van der Waals surface area contributed by atoms with Gasteiger partial charge in [0.25, 0.3) is 17.7 Å². The van der Waals surface area contributed by atoms with Crippen LogP contribution in [0.4, 0.5) is 10.5 Å². The molecule has 0 aromatic heterocycles. The Morgan fingerprint density at radius 3 is 2.31 bits per heavy atom. The molecule has 1 heterocycles. The summed E-state index contributed by atoms with van der Waals surface area (Å²) in [5.41, 5.74) is -0.699. The number of carbonyl (C=O) groups is 5. The summed E-state index contributed by atoms with van der Waals surface area (Å²) in [6.45, 7) is 8.43. The SMILES string of the molecule is CCNC(=O)c1ccc(Oc2ccccc2)c(NC(=O)C(C(=O)C(C)(C)C)N2C(=O)NC(C)C2=O)c1. The van der Waals surface area contributed by atoms with Crippen LogP contribution >= 0.6 is 0 Å². The van der Waals surface area contributed by atoms with Crippen LogP contribution in [0.5, 0.6) is 11.5 Å². The van der Waals surface area contributed by atoms with E-state index in [1.807, 2.05) is 6.07 Å². The van der Waals surface area contributed by atoms with Crippen molar-refractivity contribution in [2.75, 3.05) is 11.9 Å². The average Bonchev–Trinajstić information content (AvgIpc) is 3.07. The van der Waals surface area contributed by atoms with E-state index in [2.05, 4.69) is 16.0 Å². The van der Waals surface area contributed by atoms with Crippen molar-refractivity contribution in [3.8, 4) is 11.5 Å². The number of amides is 5. The van der Waals surface area contributed by atoms with Gasteiger partial charge in [0.05, 0.1) is 5.69 Å². The van der Waals surface area contributed by atoms with E-state index in [4.69, 9.17) is 4.74 Å². The van der Waals surface area contributed by atoms with E-state index in [1.54, 1.807) is 52.0 Å². The first-order chi connectivity index (χ1) is 16.9. The maximum atomic E-state index is 13.5. The number of rotatable bonds is 8. The number of hydrogen-bond acceptors (Lipinski definition) is 6. The maximum absolute atomic E-state index is 13.5. The Bertz CT molecular complexity index is 1190. The number of hydrogen-bond donors (Lipinski definition) is 3. The number of ether oxygens (including phenoxy) is 1. The Labute approximate surface area is 209 Å². The number of benzene rings is 2. The van der Waals surface area contributed by atoms with E-state index in [0.29, 0.717) is 17.2 Å². The second kappa shape index (κ2) is 10.6. The van der Waals surface area contributed by atoms with E-state index in [0.717, 1.165) is 0 Å². The van der Waals surface area contributed by atoms with Gasteiger partial charge in [0.1, 0.15) is 11.8 Å². The van der Waals surface area contributed by atoms with Crippen molar-refractivity contribution in [1.29, 1.82) is 0 Å². The molecule has 2 aromatic rings. The summed E-state index contributed by atoms with van der Waals surface area (Å²) in [7, 11) is 0. The van der Waals surface area contributed by atoms with Crippen molar-refractivity contribution in [2.45, 2.75) is 46.7 Å². The van der Waals surface area contributed by atoms with Gasteiger partial charge in [-0.05, 0) is 44.2 Å². The van der Waals surface area contributed by atoms with Crippen LogP contribution in [0.15, 0.2) is 48.5 Å². The number of nitrogens with one attached hydrogen (secondary N) is 3. The molecule has 1 aliphatic rings. The lowest BCUT2D eigenvalue weighted by Gasteiger charge is -2.29. The summed E-state index contributed by atoms with van der Waals surface area (Å²) in [5.74, 6) is -1.90. The molecule has 3 N–H and O–H groups in total. The van der Waals surface area contributed by atoms with Crippen molar-refractivity contribution < 1.29 is 28.7 Å². The Morgan fingerprint density at radius 1 is 1.08 bits per heavy atom. The van der Waals surface area contributed by atoms with Gasteiger partial charge in [-0.25, -0.2) is 9.69 Å². The number of imide groups is 1. The number of para-hydroxylation sites is 1. The van der Waals surface area contributed by atoms with Crippen LogP contribution < -0.4 is 20.7 Å². The molecular formula is C26H30N4O6. The summed E-state index contributed by atoms with van der Waals surface area (Å²) in [5, 5.41) is 7.73. The van der Waals surface area contributed by atoms with E-state index in [9.17, 15) is 24.0 Å². The summed E-state index contributed by atoms with van der Waals surface area (Å²) in [6, 6.07) is 9.82. The molecule has 0 bridgehead atoms. The normalized spacial score (nSPS) is 16.2. The van der Waals surface area contributed by atoms with Gasteiger partial charge in [0.2, 0.25) is 0 Å². The molecule has 1 aliphatic heterocycles. The third-order valence-electron chi connectivity index (χ3n) is 5.47. The summed E-state index contributed by atoms with van der Waals surface area (Å²) >= 11 is 0. The van der Waals surface area contributed by atoms with Crippen molar-refractivity contribution in [2.24, 2.45) is 5.41 Å². The highest BCUT2D eigenvalue weighted by Crippen LogP contribution is 2.32. The number of ketones is 1. The van der Waals surface area contributed by atoms with Crippen LogP contribution in [0.3, 0.4) is 0 Å². The van der Waals surface area contributed by atoms with Crippen molar-refractivity contribution in [3.63, 3.8) is 0 Å². The third-order valence-corrected chi connectivity index (χ3v) is 5.47. The monoisotopic (exact) mass is 494 g/mol. The molecule has 5 amide bonds. The van der Waals surface area contributed by atoms with Crippen LogP contribution in [0.2, 0.25) is 0 Å². The molecule has 0 aliphatic carbocycles. The van der Waals surface area contributed by atoms with Gasteiger partial charge < -0.3 is 20.7 Å². The highest BCUT2D eigenvalue weighted by molar-refractivity contribution is 6.19. The molecule has 36 heavy (non-hydrogen) atoms. The summed E-state index contributed by atoms with van der Waals surface area (Å²) in [6.07, 6.45) is 0. The maximum Gasteiger partial charge on any atom is 0.325 e. The first-order valence-electron chi connectivity index (χ1n) is 11.6. The van der Waals surface area contributed by atoms with Gasteiger partial charge in [0, 0.05) is 17.5 Å². The van der Waals surface area contributed by atoms with Crippen LogP contribution in [0.1, 0.15) is 45.0 Å². The van der Waals surface area contributed by atoms with Gasteiger partial charge in [-0.3, -0.25) is 19.2 Å². The lowest BCUT2D eigenvalue weighted by Crippen LogP contribution is -2.55. The molecule has 0 saturated carbocycles. The molecule has 2 atom stereocenters. The number of Topliss-reactive ketones (excluding diaryl/α,β-unsaturated/α-hetero) is 1. The Kier molecular flexibility index (Phi) is 7.77. The molecule has 1 saturated heterocycles. The van der Waals surface area contributed by atoms with Crippen LogP contribution in [0, 0.1) is 5.41 Å². The number of nitrogens with zero attached hydrogens (tertiary/aromatic N) is 1. The number of carbonyl (C=O) groups excluding carboxylic acids is 5. The van der Waals surface area contributed by atoms with Crippen LogP contribution in [0.25, 0.3) is 0 Å². The van der Waals surface area contributed by atoms with Gasteiger partial charge in [-0.15, -0.1) is 0 Å². The fourth-order valence-corrected chi connectivity index (χ4v) is 3.57. The highest BCUT2D eigenvalue weighted by atomic mass is 16.5. The zero-order valence-corrected chi connectivity index (χ0v) is 20.9. The highest BCUT2D eigenvalue weighted by Gasteiger charge is 2.48. The number of anilines is 1. The summed E-state index contributed by atoms with van der Waals surface area (Å²) in [4.78, 5) is 65.1. The minimum atomic E-state index is -1.72. The van der Waals surface area contributed by atoms with E-state index >= 15 is 0 Å². The second-order valence-corrected chi connectivity index (χ2v) is 9.37. The van der Waals surface area contributed by atoms with Gasteiger partial charge in [-0.2, -0.15) is 0 Å². The zero-order valence-electron chi connectivity index (χ0n) is 20.9. The van der Waals surface area contributed by atoms with Crippen molar-refractivity contribution in [1.82, 2.24) is 15.5 Å². The van der Waals surface area contributed by atoms with E-state index < -0.39 is 41.1 Å². The molecule has 1 fully saturated rings. The van der Waals surface area contributed by atoms with Crippen LogP contribution in [-0.2, 0) is 14.4 Å². The second-order valence-electron chi connectivity index (χ2n) is 9.37. The van der Waals surface area contributed by atoms with Crippen molar-refractivity contribution >= 4 is 35.2 Å². The van der Waals surface area contributed by atoms with Crippen molar-refractivity contribution in [3.05, 3.63) is 54.1 Å². The minimum Gasteiger partial charge on any atom is -0.455 e. The molecule has 3 rings (SSSR count). The van der Waals surface area contributed by atoms with Gasteiger partial charge in [-0.1, -0.05) is 39.0 Å². The van der Waals surface area contributed by atoms with E-state index in [1.165, 1.54) is 25.1 Å². The minimum absolute atomic E-state index is 0.0967. The van der Waals surface area contributed by atoms with Gasteiger partial charge in [0.15, 0.2) is 17.6 Å². The lowest BCUT2D eigenvalue weighted by molar-refractivity contribution is -0.143. The fourth-order valence-electron chi connectivity index (χ4n) is 3.57. The Balaban J connectivity index is 2.03. The Morgan fingerprint density at radius 2 is 1.75 bits per heavy atom. The zero-order chi connectivity index (χ0) is 26.6. The Hall–Kier alpha value is -4.21. The predicted molar refractivity (Wildman–Crippen MR) is 133 cm³/mol. The predicted octanol–water partition coefficient (Wildman–Crippen LogP) is 3.09. The first-order valence-corrected chi connectivity index (χ1v) is 11.6. The van der Waals surface area contributed by atoms with Crippen LogP contribution in [-0.4, -0.2) is 53.1 Å². The lowest BCUT2D eigenvalue weighted by atomic mass is 9.85. The molecule has 190 valence electrons. The molecule has 2 aromatic carbocycles. The fraction of sp³-hybridized carbons (Fsp3) is 0.346. The standard InChI is InChI=1S/C26H30N4O6/c1-6-27-22(32)16-12-13-19(36-17-10-8-7-9-11-17)18(14-16)29-23(33)20(21(31)26(3,4)5)30-24(34)15(2)28-25(30)35/h7-15,20H,6H2,1-5H3,(H,27,32)(H,28,35)(H,29,33). The average molecular weight is 495 g/mol. The molecule has 10 heteroatoms. The van der Waals surface area contributed by atoms with E-state index in [-0.39, 0.29) is 22.9 Å². The van der Waals surface area contributed by atoms with Gasteiger partial charge >= 0.3 is 6.03 Å².